The Kier molecular flexibility index (Phi) is 6.07. The summed E-state index contributed by atoms with van der Waals surface area (Å²) >= 11 is 0. The van der Waals surface area contributed by atoms with Crippen molar-refractivity contribution < 1.29 is 14.3 Å². The number of ether oxygens (including phenoxy) is 1. The van der Waals surface area contributed by atoms with Crippen molar-refractivity contribution in [2.75, 3.05) is 23.9 Å². The molecule has 0 heterocycles. The molecule has 0 bridgehead atoms. The minimum Gasteiger partial charge on any atom is -0.496 e. The molecule has 2 amide bonds. The van der Waals surface area contributed by atoms with Crippen LogP contribution in [0.15, 0.2) is 78.9 Å². The van der Waals surface area contributed by atoms with E-state index in [2.05, 4.69) is 5.32 Å². The Labute approximate surface area is 164 Å². The van der Waals surface area contributed by atoms with E-state index in [1.54, 1.807) is 53.4 Å². The predicted molar refractivity (Wildman–Crippen MR) is 111 cm³/mol. The lowest BCUT2D eigenvalue weighted by atomic mass is 10.1. The normalized spacial score (nSPS) is 10.2. The zero-order chi connectivity index (χ0) is 19.9. The fourth-order valence-electron chi connectivity index (χ4n) is 3.00. The lowest BCUT2D eigenvalue weighted by Gasteiger charge is -2.22. The van der Waals surface area contributed by atoms with Gasteiger partial charge in [-0.1, -0.05) is 42.5 Å². The minimum absolute atomic E-state index is 0.176. The summed E-state index contributed by atoms with van der Waals surface area (Å²) in [4.78, 5) is 27.6. The number of methoxy groups -OCH3 is 1. The van der Waals surface area contributed by atoms with Gasteiger partial charge in [0.2, 0.25) is 0 Å². The van der Waals surface area contributed by atoms with Crippen molar-refractivity contribution in [3.8, 4) is 5.75 Å². The topological polar surface area (TPSA) is 58.6 Å². The van der Waals surface area contributed by atoms with Gasteiger partial charge in [0.15, 0.2) is 0 Å². The molecule has 3 aromatic rings. The molecule has 3 rings (SSSR count). The Hall–Kier alpha value is -3.60. The van der Waals surface area contributed by atoms with Crippen LogP contribution in [0, 0.1) is 0 Å². The van der Waals surface area contributed by atoms with E-state index in [1.807, 2.05) is 37.3 Å². The van der Waals surface area contributed by atoms with Crippen molar-refractivity contribution in [3.05, 3.63) is 90.0 Å². The van der Waals surface area contributed by atoms with Crippen molar-refractivity contribution >= 4 is 23.2 Å². The van der Waals surface area contributed by atoms with Crippen LogP contribution in [0.3, 0.4) is 0 Å². The molecule has 0 aliphatic carbocycles. The molecule has 3 aromatic carbocycles. The maximum atomic E-state index is 13.2. The molecule has 0 spiro atoms. The minimum atomic E-state index is -0.333. The van der Waals surface area contributed by atoms with Gasteiger partial charge in [0.05, 0.1) is 23.9 Å². The number of carbonyl (C=O) groups excluding carboxylic acids is 2. The van der Waals surface area contributed by atoms with E-state index in [-0.39, 0.29) is 11.8 Å². The van der Waals surface area contributed by atoms with Gasteiger partial charge in [-0.15, -0.1) is 0 Å². The van der Waals surface area contributed by atoms with E-state index in [0.29, 0.717) is 29.1 Å². The molecule has 0 aliphatic heterocycles. The number of amides is 2. The van der Waals surface area contributed by atoms with Gasteiger partial charge in [-0.3, -0.25) is 9.59 Å². The third-order valence-electron chi connectivity index (χ3n) is 4.39. The Bertz CT molecular complexity index is 970. The van der Waals surface area contributed by atoms with Gasteiger partial charge in [-0.05, 0) is 43.3 Å². The highest BCUT2D eigenvalue weighted by atomic mass is 16.5. The highest BCUT2D eigenvalue weighted by Gasteiger charge is 2.21. The lowest BCUT2D eigenvalue weighted by molar-refractivity contribution is 0.0989. The van der Waals surface area contributed by atoms with Gasteiger partial charge in [-0.2, -0.15) is 0 Å². The number of anilines is 2. The summed E-state index contributed by atoms with van der Waals surface area (Å²) in [5.74, 6) is -0.0339. The molecule has 0 saturated carbocycles. The van der Waals surface area contributed by atoms with Crippen LogP contribution in [0.25, 0.3) is 0 Å². The molecule has 142 valence electrons. The molecule has 0 saturated heterocycles. The first-order valence-corrected chi connectivity index (χ1v) is 9.06. The summed E-state index contributed by atoms with van der Waals surface area (Å²) in [6, 6.07) is 23.4. The number of benzene rings is 3. The van der Waals surface area contributed by atoms with Gasteiger partial charge in [0.25, 0.3) is 11.8 Å². The summed E-state index contributed by atoms with van der Waals surface area (Å²) in [7, 11) is 1.52. The van der Waals surface area contributed by atoms with Gasteiger partial charge in [-0.25, -0.2) is 0 Å². The molecule has 0 unspecified atom stereocenters. The molecule has 0 aliphatic rings. The van der Waals surface area contributed by atoms with E-state index in [4.69, 9.17) is 4.74 Å². The largest absolute Gasteiger partial charge is 0.496 e. The fraction of sp³-hybridized carbons (Fsp3) is 0.130. The molecule has 1 N–H and O–H groups in total. The molecular formula is C23H22N2O3. The lowest BCUT2D eigenvalue weighted by Crippen LogP contribution is -2.31. The Morgan fingerprint density at radius 2 is 1.46 bits per heavy atom. The van der Waals surface area contributed by atoms with Gasteiger partial charge in [0.1, 0.15) is 5.75 Å². The number of hydrogen-bond donors (Lipinski definition) is 1. The van der Waals surface area contributed by atoms with Crippen LogP contribution in [0.4, 0.5) is 11.4 Å². The van der Waals surface area contributed by atoms with E-state index >= 15 is 0 Å². The second-order valence-electron chi connectivity index (χ2n) is 6.08. The number of nitrogens with one attached hydrogen (secondary N) is 1. The number of para-hydroxylation sites is 3. The first kappa shape index (κ1) is 19.2. The fourth-order valence-corrected chi connectivity index (χ4v) is 3.00. The smallest absolute Gasteiger partial charge is 0.260 e. The summed E-state index contributed by atoms with van der Waals surface area (Å²) in [6.07, 6.45) is 0. The summed E-state index contributed by atoms with van der Waals surface area (Å²) in [5.41, 5.74) is 2.10. The van der Waals surface area contributed by atoms with Crippen LogP contribution in [0.1, 0.15) is 27.6 Å². The van der Waals surface area contributed by atoms with Crippen molar-refractivity contribution in [1.29, 1.82) is 0 Å². The van der Waals surface area contributed by atoms with Crippen LogP contribution >= 0.6 is 0 Å². The molecule has 0 atom stereocenters. The molecule has 0 fully saturated rings. The Morgan fingerprint density at radius 1 is 0.857 bits per heavy atom. The first-order valence-electron chi connectivity index (χ1n) is 9.06. The average molecular weight is 374 g/mol. The monoisotopic (exact) mass is 374 g/mol. The van der Waals surface area contributed by atoms with E-state index in [0.717, 1.165) is 5.69 Å². The molecule has 28 heavy (non-hydrogen) atoms. The Morgan fingerprint density at radius 3 is 2.14 bits per heavy atom. The van der Waals surface area contributed by atoms with Crippen LogP contribution in [0.2, 0.25) is 0 Å². The summed E-state index contributed by atoms with van der Waals surface area (Å²) < 4.78 is 5.26. The zero-order valence-electron chi connectivity index (χ0n) is 15.9. The van der Waals surface area contributed by atoms with Gasteiger partial charge < -0.3 is 15.0 Å². The van der Waals surface area contributed by atoms with Crippen molar-refractivity contribution in [2.45, 2.75) is 6.92 Å². The van der Waals surface area contributed by atoms with Gasteiger partial charge in [0, 0.05) is 12.2 Å². The van der Waals surface area contributed by atoms with Crippen LogP contribution in [-0.4, -0.2) is 25.5 Å². The first-order chi connectivity index (χ1) is 13.7. The summed E-state index contributed by atoms with van der Waals surface area (Å²) in [5, 5.41) is 2.85. The molecule has 5 nitrogen and oxygen atoms in total. The third-order valence-corrected chi connectivity index (χ3v) is 4.39. The highest BCUT2D eigenvalue weighted by Crippen LogP contribution is 2.24. The van der Waals surface area contributed by atoms with E-state index < -0.39 is 0 Å². The Balaban J connectivity index is 1.91. The molecule has 0 aromatic heterocycles. The second-order valence-corrected chi connectivity index (χ2v) is 6.08. The van der Waals surface area contributed by atoms with Gasteiger partial charge >= 0.3 is 0 Å². The number of rotatable bonds is 6. The third kappa shape index (κ3) is 4.04. The van der Waals surface area contributed by atoms with Crippen LogP contribution < -0.4 is 15.0 Å². The average Bonchev–Trinajstić information content (AvgIpc) is 2.75. The quantitative estimate of drug-likeness (QED) is 0.685. The van der Waals surface area contributed by atoms with E-state index in [9.17, 15) is 9.59 Å². The maximum Gasteiger partial charge on any atom is 0.260 e. The van der Waals surface area contributed by atoms with Crippen molar-refractivity contribution in [2.24, 2.45) is 0 Å². The molecule has 0 radical (unpaired) electrons. The highest BCUT2D eigenvalue weighted by molar-refractivity contribution is 6.14. The number of nitrogens with zero attached hydrogens (tertiary/aromatic N) is 1. The second kappa shape index (κ2) is 8.86. The zero-order valence-corrected chi connectivity index (χ0v) is 15.9. The molecular weight excluding hydrogens is 352 g/mol. The van der Waals surface area contributed by atoms with E-state index in [1.165, 1.54) is 7.11 Å². The van der Waals surface area contributed by atoms with Crippen LogP contribution in [-0.2, 0) is 0 Å². The molecule has 5 heteroatoms. The van der Waals surface area contributed by atoms with Crippen molar-refractivity contribution in [1.82, 2.24) is 0 Å². The predicted octanol–water partition coefficient (Wildman–Crippen LogP) is 4.61. The number of hydrogen-bond acceptors (Lipinski definition) is 3. The van der Waals surface area contributed by atoms with Crippen LogP contribution in [0.5, 0.6) is 5.75 Å². The van der Waals surface area contributed by atoms with Crippen molar-refractivity contribution in [3.63, 3.8) is 0 Å². The summed E-state index contributed by atoms with van der Waals surface area (Å²) in [6.45, 7) is 2.43. The SMILES string of the molecule is CCN(C(=O)c1ccccc1NC(=O)c1ccccc1OC)c1ccccc1. The number of carbonyl (C=O) groups is 2. The standard InChI is InChI=1S/C23H22N2O3/c1-3-25(17-11-5-4-6-12-17)23(27)18-13-7-9-15-20(18)24-22(26)19-14-8-10-16-21(19)28-2/h4-16H,3H2,1-2H3,(H,24,26). The maximum absolute atomic E-state index is 13.2.